The molecule has 0 aliphatic rings. The SMILES string of the molecule is CCCCCCCCCCCCCCCCCC/C=C/C(O)C(CO)NC(=O)CCCCCCCCCC/C=C\CCCCCCCCCCCCCCOC(=O)CCCCCCCCCCCCC. The highest BCUT2D eigenvalue weighted by Crippen LogP contribution is 2.17. The molecule has 0 saturated heterocycles. The first-order valence-corrected chi connectivity index (χ1v) is 31.6. The number of carbonyl (C=O) groups is 2. The van der Waals surface area contributed by atoms with Gasteiger partial charge in [0.2, 0.25) is 5.91 Å². The van der Waals surface area contributed by atoms with Gasteiger partial charge in [-0.2, -0.15) is 0 Å². The number of esters is 1. The Morgan fingerprint density at radius 2 is 0.671 bits per heavy atom. The van der Waals surface area contributed by atoms with Crippen LogP contribution in [-0.2, 0) is 14.3 Å². The molecular formula is C64H123NO5. The highest BCUT2D eigenvalue weighted by atomic mass is 16.5. The molecule has 0 saturated carbocycles. The molecule has 0 aromatic heterocycles. The van der Waals surface area contributed by atoms with Crippen molar-refractivity contribution < 1.29 is 24.5 Å². The van der Waals surface area contributed by atoms with Gasteiger partial charge in [0.05, 0.1) is 25.4 Å². The monoisotopic (exact) mass is 986 g/mol. The first-order chi connectivity index (χ1) is 34.5. The molecule has 6 nitrogen and oxygen atoms in total. The van der Waals surface area contributed by atoms with Crippen LogP contribution >= 0.6 is 0 Å². The molecule has 1 amide bonds. The Labute approximate surface area is 437 Å². The smallest absolute Gasteiger partial charge is 0.305 e. The fourth-order valence-corrected chi connectivity index (χ4v) is 9.87. The van der Waals surface area contributed by atoms with Gasteiger partial charge in [0.1, 0.15) is 0 Å². The van der Waals surface area contributed by atoms with Gasteiger partial charge in [-0.3, -0.25) is 9.59 Å². The third-order valence-electron chi connectivity index (χ3n) is 14.7. The van der Waals surface area contributed by atoms with Crippen LogP contribution in [0.3, 0.4) is 0 Å². The summed E-state index contributed by atoms with van der Waals surface area (Å²) in [6, 6.07) is -0.631. The van der Waals surface area contributed by atoms with Crippen LogP contribution in [0.5, 0.6) is 0 Å². The van der Waals surface area contributed by atoms with E-state index in [0.717, 1.165) is 38.5 Å². The van der Waals surface area contributed by atoms with Crippen LogP contribution < -0.4 is 5.32 Å². The van der Waals surface area contributed by atoms with E-state index in [2.05, 4.69) is 31.3 Å². The average Bonchev–Trinajstić information content (AvgIpc) is 3.36. The normalized spacial score (nSPS) is 12.7. The van der Waals surface area contributed by atoms with Crippen molar-refractivity contribution in [1.29, 1.82) is 0 Å². The first kappa shape index (κ1) is 68.3. The van der Waals surface area contributed by atoms with E-state index in [1.54, 1.807) is 6.08 Å². The van der Waals surface area contributed by atoms with E-state index >= 15 is 0 Å². The maximum atomic E-state index is 12.5. The van der Waals surface area contributed by atoms with E-state index < -0.39 is 12.1 Å². The molecule has 0 aliphatic heterocycles. The van der Waals surface area contributed by atoms with Gasteiger partial charge < -0.3 is 20.3 Å². The Kier molecular flexibility index (Phi) is 58.5. The van der Waals surface area contributed by atoms with E-state index in [4.69, 9.17) is 4.74 Å². The van der Waals surface area contributed by atoms with E-state index in [9.17, 15) is 19.8 Å². The number of amides is 1. The Bertz CT molecular complexity index is 1090. The second-order valence-corrected chi connectivity index (χ2v) is 21.7. The molecule has 0 heterocycles. The van der Waals surface area contributed by atoms with E-state index in [-0.39, 0.29) is 18.5 Å². The lowest BCUT2D eigenvalue weighted by molar-refractivity contribution is -0.143. The zero-order valence-electron chi connectivity index (χ0n) is 47.3. The van der Waals surface area contributed by atoms with E-state index in [1.165, 1.54) is 283 Å². The summed E-state index contributed by atoms with van der Waals surface area (Å²) >= 11 is 0. The molecule has 70 heavy (non-hydrogen) atoms. The number of ether oxygens (including phenoxy) is 1. The maximum Gasteiger partial charge on any atom is 0.305 e. The minimum atomic E-state index is -0.847. The second kappa shape index (κ2) is 59.9. The number of allylic oxidation sites excluding steroid dienone is 3. The molecule has 0 fully saturated rings. The van der Waals surface area contributed by atoms with Gasteiger partial charge in [-0.05, 0) is 57.8 Å². The van der Waals surface area contributed by atoms with Crippen LogP contribution in [0, 0.1) is 0 Å². The summed E-state index contributed by atoms with van der Waals surface area (Å²) in [6.45, 7) is 4.92. The molecule has 0 aliphatic carbocycles. The van der Waals surface area contributed by atoms with Crippen molar-refractivity contribution in [3.8, 4) is 0 Å². The van der Waals surface area contributed by atoms with Gasteiger partial charge in [-0.15, -0.1) is 0 Å². The molecule has 0 rings (SSSR count). The van der Waals surface area contributed by atoms with Crippen molar-refractivity contribution in [2.75, 3.05) is 13.2 Å². The fourth-order valence-electron chi connectivity index (χ4n) is 9.87. The van der Waals surface area contributed by atoms with Crippen molar-refractivity contribution in [3.05, 3.63) is 24.3 Å². The van der Waals surface area contributed by atoms with Crippen molar-refractivity contribution in [2.45, 2.75) is 360 Å². The van der Waals surface area contributed by atoms with Crippen molar-refractivity contribution in [3.63, 3.8) is 0 Å². The standard InChI is InChI=1S/C64H123NO5/c1-3-5-7-9-11-13-15-16-17-18-27-30-33-37-40-44-48-52-56-62(67)61(60-66)65-63(68)57-53-49-45-41-38-34-31-28-25-23-21-19-20-22-24-26-29-32-35-39-43-47-51-55-59-70-64(69)58-54-50-46-42-36-14-12-10-8-6-4-2/h21,23,52,56,61-62,66-67H,3-20,22,24-51,53-55,57-60H2,1-2H3,(H,65,68)/b23-21-,56-52+. The van der Waals surface area contributed by atoms with Gasteiger partial charge in [-0.1, -0.05) is 301 Å². The minimum absolute atomic E-state index is 0.0121. The van der Waals surface area contributed by atoms with Crippen LogP contribution in [0.1, 0.15) is 348 Å². The molecule has 0 aromatic carbocycles. The summed E-state index contributed by atoms with van der Waals surface area (Å²) in [5.74, 6) is -0.0578. The van der Waals surface area contributed by atoms with Crippen molar-refractivity contribution >= 4 is 11.9 Å². The maximum absolute atomic E-state index is 12.5. The first-order valence-electron chi connectivity index (χ1n) is 31.6. The number of rotatable bonds is 59. The Balaban J connectivity index is 3.43. The predicted octanol–water partition coefficient (Wildman–Crippen LogP) is 19.8. The summed E-state index contributed by atoms with van der Waals surface area (Å²) in [5, 5.41) is 23.2. The van der Waals surface area contributed by atoms with Gasteiger partial charge in [0.25, 0.3) is 0 Å². The Morgan fingerprint density at radius 1 is 0.386 bits per heavy atom. The number of nitrogens with one attached hydrogen (secondary N) is 1. The van der Waals surface area contributed by atoms with Gasteiger partial charge >= 0.3 is 5.97 Å². The Hall–Kier alpha value is -1.66. The molecule has 0 radical (unpaired) electrons. The van der Waals surface area contributed by atoms with Gasteiger partial charge in [0.15, 0.2) is 0 Å². The summed E-state index contributed by atoms with van der Waals surface area (Å²) in [5.41, 5.74) is 0. The third kappa shape index (κ3) is 55.7. The quantitative estimate of drug-likeness (QED) is 0.0321. The molecular weight excluding hydrogens is 863 g/mol. The highest BCUT2D eigenvalue weighted by Gasteiger charge is 2.18. The van der Waals surface area contributed by atoms with E-state index in [0.29, 0.717) is 19.4 Å². The van der Waals surface area contributed by atoms with Gasteiger partial charge in [0, 0.05) is 12.8 Å². The fraction of sp³-hybridized carbons (Fsp3) is 0.906. The molecule has 2 atom stereocenters. The van der Waals surface area contributed by atoms with E-state index in [1.807, 2.05) is 6.08 Å². The summed E-state index contributed by atoms with van der Waals surface area (Å²) in [7, 11) is 0. The molecule has 6 heteroatoms. The third-order valence-corrected chi connectivity index (χ3v) is 14.7. The van der Waals surface area contributed by atoms with Crippen LogP contribution in [0.25, 0.3) is 0 Å². The number of unbranched alkanes of at least 4 members (excludes halogenated alkanes) is 46. The minimum Gasteiger partial charge on any atom is -0.466 e. The van der Waals surface area contributed by atoms with Crippen LogP contribution in [-0.4, -0.2) is 47.4 Å². The Morgan fingerprint density at radius 3 is 1.01 bits per heavy atom. The molecule has 0 spiro atoms. The molecule has 3 N–H and O–H groups in total. The van der Waals surface area contributed by atoms with Crippen molar-refractivity contribution in [2.24, 2.45) is 0 Å². The van der Waals surface area contributed by atoms with Crippen molar-refractivity contribution in [1.82, 2.24) is 5.32 Å². The largest absolute Gasteiger partial charge is 0.466 e. The zero-order valence-corrected chi connectivity index (χ0v) is 47.3. The number of aliphatic hydroxyl groups is 2. The number of carbonyl (C=O) groups excluding carboxylic acids is 2. The number of aliphatic hydroxyl groups excluding tert-OH is 2. The molecule has 414 valence electrons. The van der Waals surface area contributed by atoms with Crippen LogP contribution in [0.4, 0.5) is 0 Å². The lowest BCUT2D eigenvalue weighted by Crippen LogP contribution is -2.45. The lowest BCUT2D eigenvalue weighted by Gasteiger charge is -2.20. The summed E-state index contributed by atoms with van der Waals surface area (Å²) in [6.07, 6.45) is 73.6. The predicted molar refractivity (Wildman–Crippen MR) is 306 cm³/mol. The molecule has 0 bridgehead atoms. The summed E-state index contributed by atoms with van der Waals surface area (Å²) < 4.78 is 5.47. The van der Waals surface area contributed by atoms with Gasteiger partial charge in [-0.25, -0.2) is 0 Å². The second-order valence-electron chi connectivity index (χ2n) is 21.7. The number of hydrogen-bond donors (Lipinski definition) is 3. The molecule has 2 unspecified atom stereocenters. The topological polar surface area (TPSA) is 95.9 Å². The lowest BCUT2D eigenvalue weighted by atomic mass is 10.0. The van der Waals surface area contributed by atoms with Crippen LogP contribution in [0.15, 0.2) is 24.3 Å². The highest BCUT2D eigenvalue weighted by molar-refractivity contribution is 5.76. The zero-order chi connectivity index (χ0) is 50.7. The number of hydrogen-bond acceptors (Lipinski definition) is 5. The molecule has 0 aromatic rings. The van der Waals surface area contributed by atoms with Crippen LogP contribution in [0.2, 0.25) is 0 Å². The average molecular weight is 987 g/mol. The summed E-state index contributed by atoms with van der Waals surface area (Å²) in [4.78, 5) is 24.5.